The highest BCUT2D eigenvalue weighted by atomic mass is 16.5. The molecule has 2 saturated heterocycles. The van der Waals surface area contributed by atoms with E-state index < -0.39 is 0 Å². The molecule has 2 aliphatic rings. The summed E-state index contributed by atoms with van der Waals surface area (Å²) in [6.45, 7) is 8.10. The Kier molecular flexibility index (Phi) is 8.98. The van der Waals surface area contributed by atoms with Crippen LogP contribution < -0.4 is 15.5 Å². The molecule has 2 fully saturated rings. The number of anilines is 1. The Hall–Kier alpha value is -1.90. The molecule has 0 spiro atoms. The topological polar surface area (TPSA) is 74.2 Å². The summed E-state index contributed by atoms with van der Waals surface area (Å²) in [6.07, 6.45) is 5.42. The Labute approximate surface area is 174 Å². The van der Waals surface area contributed by atoms with Crippen LogP contribution in [0.2, 0.25) is 0 Å². The summed E-state index contributed by atoms with van der Waals surface area (Å²) < 4.78 is 11.3. The summed E-state index contributed by atoms with van der Waals surface area (Å²) in [5, 5.41) is 6.73. The fourth-order valence-corrected chi connectivity index (χ4v) is 3.56. The molecule has 29 heavy (non-hydrogen) atoms. The lowest BCUT2D eigenvalue weighted by Crippen LogP contribution is -2.44. The van der Waals surface area contributed by atoms with Crippen molar-refractivity contribution < 1.29 is 9.47 Å². The first-order valence-electron chi connectivity index (χ1n) is 10.8. The molecule has 1 aromatic heterocycles. The van der Waals surface area contributed by atoms with Crippen molar-refractivity contribution in [1.82, 2.24) is 20.5 Å². The summed E-state index contributed by atoms with van der Waals surface area (Å²) in [7, 11) is 3.96. The monoisotopic (exact) mass is 404 g/mol. The smallest absolute Gasteiger partial charge is 0.191 e. The van der Waals surface area contributed by atoms with Crippen molar-refractivity contribution in [1.29, 1.82) is 0 Å². The first kappa shape index (κ1) is 21.8. The fraction of sp³-hybridized carbons (Fsp3) is 0.714. The lowest BCUT2D eigenvalue weighted by Gasteiger charge is -2.33. The van der Waals surface area contributed by atoms with E-state index in [0.29, 0.717) is 12.7 Å². The van der Waals surface area contributed by atoms with Gasteiger partial charge in [0.25, 0.3) is 0 Å². The predicted octanol–water partition coefficient (Wildman–Crippen LogP) is 1.08. The second kappa shape index (κ2) is 11.9. The molecule has 2 N–H and O–H groups in total. The molecule has 1 aromatic rings. The van der Waals surface area contributed by atoms with Gasteiger partial charge in [0, 0.05) is 65.7 Å². The van der Waals surface area contributed by atoms with Crippen LogP contribution in [0.3, 0.4) is 0 Å². The van der Waals surface area contributed by atoms with Crippen LogP contribution in [0.1, 0.15) is 24.8 Å². The van der Waals surface area contributed by atoms with Gasteiger partial charge < -0.3 is 29.9 Å². The molecular weight excluding hydrogens is 368 g/mol. The molecule has 0 radical (unpaired) electrons. The van der Waals surface area contributed by atoms with E-state index >= 15 is 0 Å². The van der Waals surface area contributed by atoms with Crippen molar-refractivity contribution in [2.75, 3.05) is 71.5 Å². The average Bonchev–Trinajstić information content (AvgIpc) is 3.27. The van der Waals surface area contributed by atoms with Crippen LogP contribution in [-0.2, 0) is 16.0 Å². The minimum Gasteiger partial charge on any atom is -0.379 e. The van der Waals surface area contributed by atoms with E-state index in [-0.39, 0.29) is 0 Å². The number of nitrogens with zero attached hydrogens (tertiary/aromatic N) is 4. The molecule has 2 aliphatic heterocycles. The predicted molar refractivity (Wildman–Crippen MR) is 117 cm³/mol. The summed E-state index contributed by atoms with van der Waals surface area (Å²) >= 11 is 0. The molecule has 0 amide bonds. The van der Waals surface area contributed by atoms with Gasteiger partial charge in [-0.25, -0.2) is 4.98 Å². The van der Waals surface area contributed by atoms with Crippen molar-refractivity contribution in [2.45, 2.75) is 31.9 Å². The maximum absolute atomic E-state index is 5.70. The summed E-state index contributed by atoms with van der Waals surface area (Å²) in [5.74, 6) is 1.87. The molecule has 8 heteroatoms. The zero-order valence-corrected chi connectivity index (χ0v) is 17.9. The van der Waals surface area contributed by atoms with Crippen LogP contribution in [-0.4, -0.2) is 88.6 Å². The normalized spacial score (nSPS) is 20.8. The zero-order valence-electron chi connectivity index (χ0n) is 17.9. The number of ether oxygens (including phenoxy) is 2. The van der Waals surface area contributed by atoms with Crippen LogP contribution in [0.5, 0.6) is 0 Å². The van der Waals surface area contributed by atoms with E-state index in [2.05, 4.69) is 49.6 Å². The van der Waals surface area contributed by atoms with Gasteiger partial charge in [0.1, 0.15) is 5.82 Å². The Morgan fingerprint density at radius 3 is 2.93 bits per heavy atom. The van der Waals surface area contributed by atoms with Crippen molar-refractivity contribution in [3.8, 4) is 0 Å². The largest absolute Gasteiger partial charge is 0.379 e. The van der Waals surface area contributed by atoms with Gasteiger partial charge in [0.2, 0.25) is 0 Å². The zero-order chi connectivity index (χ0) is 20.3. The molecule has 162 valence electrons. The Morgan fingerprint density at radius 1 is 1.31 bits per heavy atom. The van der Waals surface area contributed by atoms with Gasteiger partial charge in [-0.3, -0.25) is 4.99 Å². The molecule has 0 aromatic carbocycles. The molecular formula is C21H36N6O2. The number of pyridine rings is 1. The molecule has 3 heterocycles. The first-order valence-corrected chi connectivity index (χ1v) is 10.8. The van der Waals surface area contributed by atoms with E-state index in [9.17, 15) is 0 Å². The Morgan fingerprint density at radius 2 is 2.17 bits per heavy atom. The second-order valence-corrected chi connectivity index (χ2v) is 7.73. The van der Waals surface area contributed by atoms with E-state index in [4.69, 9.17) is 9.47 Å². The van der Waals surface area contributed by atoms with Crippen LogP contribution in [0.15, 0.2) is 23.3 Å². The van der Waals surface area contributed by atoms with Gasteiger partial charge in [-0.05, 0) is 44.0 Å². The number of guanidine groups is 1. The van der Waals surface area contributed by atoms with Gasteiger partial charge in [0.15, 0.2) is 5.96 Å². The number of likely N-dealkylation sites (N-methyl/N-ethyl adjacent to an activating group) is 1. The SMILES string of the molecule is CN=C(NCCCOCC1CCCO1)NCc1ccnc(N2CCN(C)CC2)c1. The molecule has 0 saturated carbocycles. The Balaban J connectivity index is 1.33. The number of hydrogen-bond acceptors (Lipinski definition) is 6. The van der Waals surface area contributed by atoms with E-state index in [1.165, 1.54) is 5.56 Å². The third kappa shape index (κ3) is 7.45. The molecule has 0 bridgehead atoms. The van der Waals surface area contributed by atoms with Crippen LogP contribution in [0.25, 0.3) is 0 Å². The highest BCUT2D eigenvalue weighted by molar-refractivity contribution is 5.79. The van der Waals surface area contributed by atoms with E-state index in [0.717, 1.165) is 83.5 Å². The lowest BCUT2D eigenvalue weighted by atomic mass is 10.2. The second-order valence-electron chi connectivity index (χ2n) is 7.73. The van der Waals surface area contributed by atoms with Crippen LogP contribution >= 0.6 is 0 Å². The minimum absolute atomic E-state index is 0.300. The number of aliphatic imine (C=N–C) groups is 1. The number of rotatable bonds is 9. The highest BCUT2D eigenvalue weighted by Gasteiger charge is 2.16. The number of aromatic nitrogens is 1. The maximum atomic E-state index is 5.70. The third-order valence-corrected chi connectivity index (χ3v) is 5.41. The summed E-state index contributed by atoms with van der Waals surface area (Å²) in [6, 6.07) is 4.23. The quantitative estimate of drug-likeness (QED) is 0.362. The van der Waals surface area contributed by atoms with E-state index in [1.54, 1.807) is 7.05 Å². The van der Waals surface area contributed by atoms with Crippen LogP contribution in [0, 0.1) is 0 Å². The molecule has 8 nitrogen and oxygen atoms in total. The fourth-order valence-electron chi connectivity index (χ4n) is 3.56. The first-order chi connectivity index (χ1) is 14.2. The molecule has 0 aliphatic carbocycles. The van der Waals surface area contributed by atoms with Gasteiger partial charge in [0.05, 0.1) is 12.7 Å². The molecule has 3 rings (SSSR count). The highest BCUT2D eigenvalue weighted by Crippen LogP contribution is 2.15. The van der Waals surface area contributed by atoms with E-state index in [1.807, 2.05) is 6.20 Å². The number of piperazine rings is 1. The van der Waals surface area contributed by atoms with Gasteiger partial charge in [-0.1, -0.05) is 0 Å². The molecule has 1 unspecified atom stereocenters. The van der Waals surface area contributed by atoms with Gasteiger partial charge in [-0.2, -0.15) is 0 Å². The van der Waals surface area contributed by atoms with Crippen molar-refractivity contribution in [3.63, 3.8) is 0 Å². The number of nitrogens with one attached hydrogen (secondary N) is 2. The lowest BCUT2D eigenvalue weighted by molar-refractivity contribution is 0.0168. The Bertz CT molecular complexity index is 627. The van der Waals surface area contributed by atoms with Gasteiger partial charge in [-0.15, -0.1) is 0 Å². The minimum atomic E-state index is 0.300. The number of hydrogen-bond donors (Lipinski definition) is 2. The van der Waals surface area contributed by atoms with Crippen molar-refractivity contribution in [3.05, 3.63) is 23.9 Å². The third-order valence-electron chi connectivity index (χ3n) is 5.41. The van der Waals surface area contributed by atoms with Crippen LogP contribution in [0.4, 0.5) is 5.82 Å². The summed E-state index contributed by atoms with van der Waals surface area (Å²) in [4.78, 5) is 13.6. The molecule has 1 atom stereocenters. The maximum Gasteiger partial charge on any atom is 0.191 e. The average molecular weight is 405 g/mol. The van der Waals surface area contributed by atoms with Crippen molar-refractivity contribution >= 4 is 11.8 Å². The summed E-state index contributed by atoms with van der Waals surface area (Å²) in [5.41, 5.74) is 1.21. The van der Waals surface area contributed by atoms with Gasteiger partial charge >= 0.3 is 0 Å². The standard InChI is InChI=1S/C21H36N6O2/c1-22-21(24-7-4-13-28-17-19-5-3-14-29-19)25-16-18-6-8-23-20(15-18)27-11-9-26(2)10-12-27/h6,8,15,19H,3-5,7,9-14,16-17H2,1-2H3,(H2,22,24,25). The van der Waals surface area contributed by atoms with Crippen molar-refractivity contribution in [2.24, 2.45) is 4.99 Å².